The summed E-state index contributed by atoms with van der Waals surface area (Å²) in [5.41, 5.74) is 0.0222. The lowest BCUT2D eigenvalue weighted by molar-refractivity contribution is -0.137. The van der Waals surface area contributed by atoms with Gasteiger partial charge in [0, 0.05) is 31.9 Å². The number of halogens is 3. The van der Waals surface area contributed by atoms with Crippen LogP contribution in [-0.4, -0.2) is 47.2 Å². The Balaban J connectivity index is 1.59. The number of carbonyl (C=O) groups is 1. The summed E-state index contributed by atoms with van der Waals surface area (Å²) in [6.45, 7) is 2.13. The van der Waals surface area contributed by atoms with E-state index in [9.17, 15) is 23.1 Å². The summed E-state index contributed by atoms with van der Waals surface area (Å²) in [4.78, 5) is 19.9. The molecular weight excluding hydrogens is 361 g/mol. The first-order valence-electron chi connectivity index (χ1n) is 8.46. The largest absolute Gasteiger partial charge is 0.506 e. The van der Waals surface area contributed by atoms with Crippen LogP contribution in [0.2, 0.25) is 0 Å². The molecule has 1 fully saturated rings. The summed E-state index contributed by atoms with van der Waals surface area (Å²) in [5, 5.41) is 11.9. The van der Waals surface area contributed by atoms with Crippen molar-refractivity contribution in [2.75, 3.05) is 36.4 Å². The van der Waals surface area contributed by atoms with Crippen molar-refractivity contribution in [1.82, 2.24) is 9.88 Å². The average molecular weight is 380 g/mol. The molecule has 0 spiro atoms. The minimum absolute atomic E-state index is 0.00922. The molecule has 1 aromatic carbocycles. The molecule has 1 aromatic heterocycles. The molecule has 1 aliphatic heterocycles. The summed E-state index contributed by atoms with van der Waals surface area (Å²) in [7, 11) is 0. The van der Waals surface area contributed by atoms with Gasteiger partial charge in [-0.25, -0.2) is 9.78 Å². The second-order valence-corrected chi connectivity index (χ2v) is 6.20. The maximum absolute atomic E-state index is 12.7. The number of benzene rings is 1. The number of amides is 2. The quantitative estimate of drug-likeness (QED) is 0.836. The molecule has 3 rings (SSSR count). The average Bonchev–Trinajstić information content (AvgIpc) is 2.89. The molecule has 0 unspecified atom stereocenters. The second-order valence-electron chi connectivity index (χ2n) is 6.20. The molecule has 2 aromatic rings. The fourth-order valence-corrected chi connectivity index (χ4v) is 2.89. The predicted octanol–water partition coefficient (Wildman–Crippen LogP) is 3.55. The molecule has 0 radical (unpaired) electrons. The van der Waals surface area contributed by atoms with E-state index in [2.05, 4.69) is 10.3 Å². The number of aromatic nitrogens is 1. The van der Waals surface area contributed by atoms with Gasteiger partial charge >= 0.3 is 12.2 Å². The highest BCUT2D eigenvalue weighted by Gasteiger charge is 2.30. The zero-order valence-electron chi connectivity index (χ0n) is 14.4. The Kier molecular flexibility index (Phi) is 5.38. The highest BCUT2D eigenvalue weighted by atomic mass is 19.4. The number of alkyl halides is 3. The number of urea groups is 1. The van der Waals surface area contributed by atoms with Crippen molar-refractivity contribution in [1.29, 1.82) is 0 Å². The van der Waals surface area contributed by atoms with Gasteiger partial charge in [-0.1, -0.05) is 0 Å². The van der Waals surface area contributed by atoms with E-state index in [0.29, 0.717) is 44.1 Å². The molecule has 0 aliphatic carbocycles. The number of aromatic hydroxyl groups is 1. The lowest BCUT2D eigenvalue weighted by Gasteiger charge is -2.24. The Morgan fingerprint density at radius 2 is 1.78 bits per heavy atom. The maximum Gasteiger partial charge on any atom is 0.416 e. The van der Waals surface area contributed by atoms with Crippen LogP contribution in [0.15, 0.2) is 42.6 Å². The third-order valence-corrected chi connectivity index (χ3v) is 4.33. The van der Waals surface area contributed by atoms with Crippen LogP contribution in [0.3, 0.4) is 0 Å². The zero-order chi connectivity index (χ0) is 19.4. The zero-order valence-corrected chi connectivity index (χ0v) is 14.4. The van der Waals surface area contributed by atoms with Crippen LogP contribution in [0.5, 0.6) is 5.75 Å². The van der Waals surface area contributed by atoms with E-state index in [0.717, 1.165) is 12.1 Å². The Morgan fingerprint density at radius 1 is 1.04 bits per heavy atom. The fourth-order valence-electron chi connectivity index (χ4n) is 2.89. The number of nitrogens with one attached hydrogen (secondary N) is 1. The predicted molar refractivity (Wildman–Crippen MR) is 94.8 cm³/mol. The van der Waals surface area contributed by atoms with Crippen molar-refractivity contribution in [3.05, 3.63) is 48.2 Å². The molecule has 27 heavy (non-hydrogen) atoms. The molecular formula is C18H19F3N4O2. The van der Waals surface area contributed by atoms with Crippen LogP contribution in [0.1, 0.15) is 12.0 Å². The van der Waals surface area contributed by atoms with E-state index in [1.54, 1.807) is 4.90 Å². The van der Waals surface area contributed by atoms with Crippen molar-refractivity contribution in [2.45, 2.75) is 12.6 Å². The van der Waals surface area contributed by atoms with Crippen molar-refractivity contribution < 1.29 is 23.1 Å². The van der Waals surface area contributed by atoms with Crippen molar-refractivity contribution >= 4 is 17.5 Å². The van der Waals surface area contributed by atoms with Gasteiger partial charge in [0.25, 0.3) is 0 Å². The minimum Gasteiger partial charge on any atom is -0.506 e. The van der Waals surface area contributed by atoms with Crippen molar-refractivity contribution in [3.63, 3.8) is 0 Å². The van der Waals surface area contributed by atoms with E-state index < -0.39 is 11.7 Å². The van der Waals surface area contributed by atoms with Crippen LogP contribution in [0.25, 0.3) is 0 Å². The molecule has 6 nitrogen and oxygen atoms in total. The van der Waals surface area contributed by atoms with E-state index in [4.69, 9.17) is 0 Å². The van der Waals surface area contributed by atoms with E-state index >= 15 is 0 Å². The van der Waals surface area contributed by atoms with Crippen LogP contribution >= 0.6 is 0 Å². The maximum atomic E-state index is 12.7. The first-order valence-corrected chi connectivity index (χ1v) is 8.46. The summed E-state index contributed by atoms with van der Waals surface area (Å²) < 4.78 is 38.1. The van der Waals surface area contributed by atoms with Gasteiger partial charge in [0.15, 0.2) is 0 Å². The Morgan fingerprint density at radius 3 is 2.41 bits per heavy atom. The fraction of sp³-hybridized carbons (Fsp3) is 0.333. The number of hydrogen-bond acceptors (Lipinski definition) is 4. The van der Waals surface area contributed by atoms with Crippen LogP contribution in [0.4, 0.5) is 29.5 Å². The normalized spacial score (nSPS) is 15.4. The van der Waals surface area contributed by atoms with E-state index in [1.807, 2.05) is 4.90 Å². The lowest BCUT2D eigenvalue weighted by atomic mass is 10.2. The number of hydrogen-bond donors (Lipinski definition) is 2. The number of carbonyl (C=O) groups excluding carboxylic acids is 1. The van der Waals surface area contributed by atoms with E-state index in [-0.39, 0.29) is 11.8 Å². The van der Waals surface area contributed by atoms with Gasteiger partial charge in [-0.05, 0) is 42.8 Å². The molecule has 2 amide bonds. The van der Waals surface area contributed by atoms with Crippen LogP contribution in [-0.2, 0) is 6.18 Å². The standard InChI is InChI=1S/C18H19F3N4O2/c19-18(20,21)13-2-4-14(5-3-13)24-8-1-9-25(11-10-24)17(27)23-16-7-6-15(26)12-22-16/h2-7,12,26H,1,8-11H2,(H,22,23,27). The lowest BCUT2D eigenvalue weighted by Crippen LogP contribution is -2.38. The first kappa shape index (κ1) is 18.8. The van der Waals surface area contributed by atoms with Gasteiger partial charge < -0.3 is 14.9 Å². The highest BCUT2D eigenvalue weighted by molar-refractivity contribution is 5.88. The van der Waals surface area contributed by atoms with Crippen molar-refractivity contribution in [3.8, 4) is 5.75 Å². The van der Waals surface area contributed by atoms with Gasteiger partial charge in [-0.3, -0.25) is 5.32 Å². The number of rotatable bonds is 2. The third-order valence-electron chi connectivity index (χ3n) is 4.33. The number of nitrogens with zero attached hydrogens (tertiary/aromatic N) is 3. The minimum atomic E-state index is -4.35. The van der Waals surface area contributed by atoms with Crippen molar-refractivity contribution in [2.24, 2.45) is 0 Å². The van der Waals surface area contributed by atoms with Gasteiger partial charge in [0.1, 0.15) is 11.6 Å². The molecule has 144 valence electrons. The molecule has 0 atom stereocenters. The van der Waals surface area contributed by atoms with E-state index in [1.165, 1.54) is 30.5 Å². The molecule has 0 saturated carbocycles. The Bertz CT molecular complexity index is 779. The summed E-state index contributed by atoms with van der Waals surface area (Å²) in [6, 6.07) is 7.68. The first-order chi connectivity index (χ1) is 12.8. The molecule has 0 bridgehead atoms. The number of anilines is 2. The second kappa shape index (κ2) is 7.73. The summed E-state index contributed by atoms with van der Waals surface area (Å²) in [5.74, 6) is 0.344. The summed E-state index contributed by atoms with van der Waals surface area (Å²) in [6.07, 6.45) is -2.42. The van der Waals surface area contributed by atoms with Gasteiger partial charge in [0.2, 0.25) is 0 Å². The molecule has 2 N–H and O–H groups in total. The van der Waals surface area contributed by atoms with Gasteiger partial charge in [-0.15, -0.1) is 0 Å². The van der Waals surface area contributed by atoms with Gasteiger partial charge in [-0.2, -0.15) is 13.2 Å². The molecule has 1 aliphatic rings. The Hall–Kier alpha value is -2.97. The molecule has 1 saturated heterocycles. The highest BCUT2D eigenvalue weighted by Crippen LogP contribution is 2.30. The number of pyridine rings is 1. The smallest absolute Gasteiger partial charge is 0.416 e. The topological polar surface area (TPSA) is 68.7 Å². The SMILES string of the molecule is O=C(Nc1ccc(O)cn1)N1CCCN(c2ccc(C(F)(F)F)cc2)CC1. The van der Waals surface area contributed by atoms with Crippen LogP contribution in [0, 0.1) is 0 Å². The monoisotopic (exact) mass is 380 g/mol. The third kappa shape index (κ3) is 4.81. The Labute approximate surface area is 154 Å². The van der Waals surface area contributed by atoms with Crippen LogP contribution < -0.4 is 10.2 Å². The summed E-state index contributed by atoms with van der Waals surface area (Å²) >= 11 is 0. The van der Waals surface area contributed by atoms with Gasteiger partial charge in [0.05, 0.1) is 11.8 Å². The molecule has 9 heteroatoms. The molecule has 2 heterocycles.